The van der Waals surface area contributed by atoms with E-state index in [9.17, 15) is 0 Å². The van der Waals surface area contributed by atoms with Crippen molar-refractivity contribution in [2.45, 2.75) is 32.5 Å². The number of likely N-dealkylation sites (N-methyl/N-ethyl adjacent to an activating group) is 1. The number of aryl methyl sites for hydroxylation is 1. The summed E-state index contributed by atoms with van der Waals surface area (Å²) >= 11 is 0. The van der Waals surface area contributed by atoms with Crippen LogP contribution in [0.4, 0.5) is 5.69 Å². The van der Waals surface area contributed by atoms with E-state index in [2.05, 4.69) is 16.9 Å². The van der Waals surface area contributed by atoms with Crippen molar-refractivity contribution in [3.05, 3.63) is 12.4 Å². The Morgan fingerprint density at radius 1 is 1.56 bits per heavy atom. The van der Waals surface area contributed by atoms with E-state index in [1.54, 1.807) is 0 Å². The Morgan fingerprint density at radius 2 is 2.44 bits per heavy atom. The predicted molar refractivity (Wildman–Crippen MR) is 70.6 cm³/mol. The van der Waals surface area contributed by atoms with Gasteiger partial charge in [0.2, 0.25) is 0 Å². The van der Waals surface area contributed by atoms with Gasteiger partial charge < -0.3 is 14.4 Å². The molecule has 0 bridgehead atoms. The van der Waals surface area contributed by atoms with E-state index in [0.29, 0.717) is 6.61 Å². The molecule has 1 aliphatic heterocycles. The summed E-state index contributed by atoms with van der Waals surface area (Å²) in [5, 5.41) is 4.19. The van der Waals surface area contributed by atoms with Gasteiger partial charge in [-0.3, -0.25) is 4.68 Å². The molecule has 0 aliphatic carbocycles. The van der Waals surface area contributed by atoms with E-state index in [0.717, 1.165) is 38.2 Å². The van der Waals surface area contributed by atoms with Crippen molar-refractivity contribution >= 4 is 5.69 Å². The van der Waals surface area contributed by atoms with E-state index in [1.807, 2.05) is 24.1 Å². The second-order valence-electron chi connectivity index (χ2n) is 4.62. The Balaban J connectivity index is 1.73. The molecule has 0 spiro atoms. The van der Waals surface area contributed by atoms with Crippen molar-refractivity contribution in [3.8, 4) is 0 Å². The van der Waals surface area contributed by atoms with Gasteiger partial charge in [-0.2, -0.15) is 5.10 Å². The Morgan fingerprint density at radius 3 is 3.06 bits per heavy atom. The minimum Gasteiger partial charge on any atom is -0.367 e. The van der Waals surface area contributed by atoms with Crippen LogP contribution in [0.25, 0.3) is 0 Å². The van der Waals surface area contributed by atoms with E-state index >= 15 is 0 Å². The lowest BCUT2D eigenvalue weighted by Gasteiger charge is -2.25. The zero-order valence-corrected chi connectivity index (χ0v) is 11.3. The number of rotatable bonds is 6. The van der Waals surface area contributed by atoms with Crippen LogP contribution < -0.4 is 4.90 Å². The van der Waals surface area contributed by atoms with Gasteiger partial charge in [-0.15, -0.1) is 0 Å². The minimum atomic E-state index is 0.00588. The summed E-state index contributed by atoms with van der Waals surface area (Å²) in [7, 11) is 1.93. The highest BCUT2D eigenvalue weighted by Gasteiger charge is 2.14. The second kappa shape index (κ2) is 6.75. The molecule has 102 valence electrons. The fourth-order valence-corrected chi connectivity index (χ4v) is 2.18. The third-order valence-corrected chi connectivity index (χ3v) is 3.24. The highest BCUT2D eigenvalue weighted by atomic mass is 16.7. The molecule has 1 aromatic heterocycles. The fraction of sp³-hybridized carbons (Fsp3) is 0.769. The average Bonchev–Trinajstić information content (AvgIpc) is 2.82. The van der Waals surface area contributed by atoms with E-state index in [1.165, 1.54) is 6.42 Å². The molecule has 2 heterocycles. The normalized spacial score (nSPS) is 20.0. The molecule has 1 fully saturated rings. The highest BCUT2D eigenvalue weighted by Crippen LogP contribution is 2.15. The van der Waals surface area contributed by atoms with Gasteiger partial charge in [0.1, 0.15) is 0 Å². The fourth-order valence-electron chi connectivity index (χ4n) is 2.18. The van der Waals surface area contributed by atoms with Crippen molar-refractivity contribution in [1.82, 2.24) is 9.78 Å². The maximum absolute atomic E-state index is 5.75. The molecule has 1 atom stereocenters. The predicted octanol–water partition coefficient (Wildman–Crippen LogP) is 1.79. The number of hydrogen-bond acceptors (Lipinski definition) is 4. The lowest BCUT2D eigenvalue weighted by atomic mass is 10.2. The molecular formula is C13H23N3O2. The first-order chi connectivity index (χ1) is 8.79. The van der Waals surface area contributed by atoms with Gasteiger partial charge in [0.05, 0.1) is 18.5 Å². The van der Waals surface area contributed by atoms with Gasteiger partial charge in [-0.25, -0.2) is 0 Å². The molecule has 0 amide bonds. The van der Waals surface area contributed by atoms with Gasteiger partial charge in [0.15, 0.2) is 6.29 Å². The van der Waals surface area contributed by atoms with Gasteiger partial charge in [-0.1, -0.05) is 0 Å². The third kappa shape index (κ3) is 3.71. The van der Waals surface area contributed by atoms with Crippen LogP contribution in [-0.4, -0.2) is 42.4 Å². The van der Waals surface area contributed by atoms with Crippen LogP contribution in [0.2, 0.25) is 0 Å². The van der Waals surface area contributed by atoms with Crippen LogP contribution in [0.5, 0.6) is 0 Å². The van der Waals surface area contributed by atoms with Crippen LogP contribution in [-0.2, 0) is 16.5 Å². The summed E-state index contributed by atoms with van der Waals surface area (Å²) in [4.78, 5) is 2.26. The van der Waals surface area contributed by atoms with E-state index in [4.69, 9.17) is 9.47 Å². The molecular weight excluding hydrogens is 230 g/mol. The number of aromatic nitrogens is 2. The van der Waals surface area contributed by atoms with Crippen molar-refractivity contribution in [2.75, 3.05) is 31.2 Å². The van der Waals surface area contributed by atoms with Crippen LogP contribution in [0.3, 0.4) is 0 Å². The molecule has 1 aliphatic rings. The second-order valence-corrected chi connectivity index (χ2v) is 4.62. The topological polar surface area (TPSA) is 39.5 Å². The lowest BCUT2D eigenvalue weighted by Crippen LogP contribution is -2.30. The Bertz CT molecular complexity index is 348. The highest BCUT2D eigenvalue weighted by molar-refractivity contribution is 5.41. The molecule has 1 unspecified atom stereocenters. The Labute approximate surface area is 109 Å². The maximum atomic E-state index is 5.75. The summed E-state index contributed by atoms with van der Waals surface area (Å²) in [6, 6.07) is 0. The first-order valence-corrected chi connectivity index (χ1v) is 6.76. The van der Waals surface area contributed by atoms with Crippen molar-refractivity contribution in [1.29, 1.82) is 0 Å². The zero-order valence-electron chi connectivity index (χ0n) is 11.3. The van der Waals surface area contributed by atoms with Crippen molar-refractivity contribution in [3.63, 3.8) is 0 Å². The number of hydrogen-bond donors (Lipinski definition) is 0. The number of anilines is 1. The van der Waals surface area contributed by atoms with Crippen LogP contribution in [0.15, 0.2) is 12.4 Å². The summed E-state index contributed by atoms with van der Waals surface area (Å²) in [6.45, 7) is 5.52. The molecule has 0 aromatic carbocycles. The van der Waals surface area contributed by atoms with Gasteiger partial charge in [0, 0.05) is 32.9 Å². The molecule has 0 saturated carbocycles. The summed E-state index contributed by atoms with van der Waals surface area (Å²) in [5.74, 6) is 0. The molecule has 5 heteroatoms. The van der Waals surface area contributed by atoms with Gasteiger partial charge in [0.25, 0.3) is 0 Å². The average molecular weight is 253 g/mol. The first-order valence-electron chi connectivity index (χ1n) is 6.76. The van der Waals surface area contributed by atoms with Gasteiger partial charge in [-0.05, 0) is 26.2 Å². The molecule has 2 rings (SSSR count). The number of ether oxygens (including phenoxy) is 2. The lowest BCUT2D eigenvalue weighted by molar-refractivity contribution is -0.160. The van der Waals surface area contributed by atoms with E-state index in [-0.39, 0.29) is 6.29 Å². The quantitative estimate of drug-likeness (QED) is 0.775. The monoisotopic (exact) mass is 253 g/mol. The number of nitrogens with zero attached hydrogens (tertiary/aromatic N) is 3. The van der Waals surface area contributed by atoms with Crippen molar-refractivity contribution < 1.29 is 9.47 Å². The summed E-state index contributed by atoms with van der Waals surface area (Å²) in [6.07, 6.45) is 7.33. The molecule has 1 saturated heterocycles. The third-order valence-electron chi connectivity index (χ3n) is 3.24. The Hall–Kier alpha value is -1.07. The molecule has 0 N–H and O–H groups in total. The van der Waals surface area contributed by atoms with Crippen LogP contribution in [0, 0.1) is 0 Å². The van der Waals surface area contributed by atoms with Crippen LogP contribution in [0.1, 0.15) is 26.2 Å². The largest absolute Gasteiger partial charge is 0.367 e. The Kier molecular flexibility index (Phi) is 5.01. The molecule has 0 radical (unpaired) electrons. The van der Waals surface area contributed by atoms with E-state index < -0.39 is 0 Å². The zero-order chi connectivity index (χ0) is 12.8. The first kappa shape index (κ1) is 13.4. The van der Waals surface area contributed by atoms with Crippen molar-refractivity contribution in [2.24, 2.45) is 7.05 Å². The SMILES string of the molecule is CCN(CCOC1CCCCO1)c1cnn(C)c1. The summed E-state index contributed by atoms with van der Waals surface area (Å²) < 4.78 is 13.1. The summed E-state index contributed by atoms with van der Waals surface area (Å²) in [5.41, 5.74) is 1.15. The van der Waals surface area contributed by atoms with Gasteiger partial charge >= 0.3 is 0 Å². The smallest absolute Gasteiger partial charge is 0.157 e. The standard InChI is InChI=1S/C13H23N3O2/c1-3-16(12-10-14-15(2)11-12)7-9-18-13-6-4-5-8-17-13/h10-11,13H,3-9H2,1-2H3. The molecule has 1 aromatic rings. The van der Waals surface area contributed by atoms with Crippen LogP contribution >= 0.6 is 0 Å². The molecule has 5 nitrogen and oxygen atoms in total. The molecule has 18 heavy (non-hydrogen) atoms. The maximum Gasteiger partial charge on any atom is 0.157 e. The minimum absolute atomic E-state index is 0.00588.